The Labute approximate surface area is 154 Å². The van der Waals surface area contributed by atoms with Gasteiger partial charge in [0.2, 0.25) is 0 Å². The van der Waals surface area contributed by atoms with Crippen molar-refractivity contribution in [2.45, 2.75) is 6.42 Å². The third-order valence-corrected chi connectivity index (χ3v) is 4.13. The molecule has 0 saturated heterocycles. The Morgan fingerprint density at radius 2 is 2.04 bits per heavy atom. The van der Waals surface area contributed by atoms with Crippen LogP contribution in [0.15, 0.2) is 42.6 Å². The number of carbonyl (C=O) groups is 3. The molecular weight excluding hydrogens is 358 g/mol. The molecule has 0 radical (unpaired) electrons. The number of nitrogens with zero attached hydrogens (tertiary/aromatic N) is 2. The normalized spacial score (nSPS) is 12.4. The van der Waals surface area contributed by atoms with Crippen LogP contribution in [0.25, 0.3) is 0 Å². The zero-order valence-electron chi connectivity index (χ0n) is 13.8. The third-order valence-electron chi connectivity index (χ3n) is 3.89. The Morgan fingerprint density at radius 1 is 1.23 bits per heavy atom. The van der Waals surface area contributed by atoms with E-state index in [1.165, 1.54) is 18.3 Å². The molecule has 1 aliphatic rings. The Bertz CT molecular complexity index is 856. The first-order chi connectivity index (χ1) is 12.5. The highest BCUT2D eigenvalue weighted by molar-refractivity contribution is 6.30. The van der Waals surface area contributed by atoms with Gasteiger partial charge in [-0.1, -0.05) is 29.8 Å². The average Bonchev–Trinajstić information content (AvgIpc) is 3.08. The van der Waals surface area contributed by atoms with Crippen LogP contribution in [0.1, 0.15) is 16.1 Å². The molecule has 0 atom stereocenters. The number of benzene rings is 1. The molecule has 0 fully saturated rings. The largest absolute Gasteiger partial charge is 0.454 e. The quantitative estimate of drug-likeness (QED) is 0.804. The lowest BCUT2D eigenvalue weighted by Gasteiger charge is -2.17. The predicted octanol–water partition coefficient (Wildman–Crippen LogP) is 1.60. The van der Waals surface area contributed by atoms with E-state index in [0.29, 0.717) is 11.6 Å². The van der Waals surface area contributed by atoms with E-state index in [4.69, 9.17) is 16.3 Å². The summed E-state index contributed by atoms with van der Waals surface area (Å²) in [4.78, 5) is 41.3. The number of amides is 2. The van der Waals surface area contributed by atoms with Gasteiger partial charge in [-0.2, -0.15) is 0 Å². The molecule has 1 N–H and O–H groups in total. The van der Waals surface area contributed by atoms with E-state index in [-0.39, 0.29) is 24.8 Å². The van der Waals surface area contributed by atoms with Crippen molar-refractivity contribution in [2.24, 2.45) is 0 Å². The van der Waals surface area contributed by atoms with Crippen molar-refractivity contribution in [1.29, 1.82) is 0 Å². The molecule has 0 spiro atoms. The maximum atomic E-state index is 12.2. The Balaban J connectivity index is 1.46. The average molecular weight is 374 g/mol. The highest BCUT2D eigenvalue weighted by atomic mass is 35.5. The fourth-order valence-electron chi connectivity index (χ4n) is 2.64. The van der Waals surface area contributed by atoms with E-state index < -0.39 is 11.9 Å². The van der Waals surface area contributed by atoms with E-state index in [1.807, 2.05) is 24.3 Å². The monoisotopic (exact) mass is 373 g/mol. The molecular formula is C18H16ClN3O4. The summed E-state index contributed by atoms with van der Waals surface area (Å²) in [7, 11) is 0. The fourth-order valence-corrected chi connectivity index (χ4v) is 2.80. The molecule has 26 heavy (non-hydrogen) atoms. The maximum Gasteiger partial charge on any atom is 0.325 e. The molecule has 2 amide bonds. The van der Waals surface area contributed by atoms with Crippen molar-refractivity contribution in [2.75, 3.05) is 24.6 Å². The van der Waals surface area contributed by atoms with Crippen molar-refractivity contribution in [3.63, 3.8) is 0 Å². The van der Waals surface area contributed by atoms with Gasteiger partial charge in [-0.3, -0.25) is 19.4 Å². The van der Waals surface area contributed by atoms with E-state index in [9.17, 15) is 14.4 Å². The van der Waals surface area contributed by atoms with Gasteiger partial charge in [0.25, 0.3) is 11.8 Å². The predicted molar refractivity (Wildman–Crippen MR) is 95.0 cm³/mol. The topological polar surface area (TPSA) is 88.6 Å². The molecule has 8 heteroatoms. The molecule has 0 saturated carbocycles. The molecule has 7 nitrogen and oxygen atoms in total. The smallest absolute Gasteiger partial charge is 0.325 e. The van der Waals surface area contributed by atoms with Gasteiger partial charge in [0.1, 0.15) is 12.2 Å². The van der Waals surface area contributed by atoms with Gasteiger partial charge in [0.05, 0.1) is 0 Å². The van der Waals surface area contributed by atoms with Crippen molar-refractivity contribution < 1.29 is 19.1 Å². The van der Waals surface area contributed by atoms with Gasteiger partial charge in [0, 0.05) is 23.5 Å². The zero-order chi connectivity index (χ0) is 18.5. The van der Waals surface area contributed by atoms with Crippen molar-refractivity contribution >= 4 is 35.1 Å². The van der Waals surface area contributed by atoms with Gasteiger partial charge in [-0.25, -0.2) is 0 Å². The van der Waals surface area contributed by atoms with E-state index in [2.05, 4.69) is 10.3 Å². The van der Waals surface area contributed by atoms with E-state index >= 15 is 0 Å². The summed E-state index contributed by atoms with van der Waals surface area (Å²) in [5.74, 6) is -1.56. The van der Waals surface area contributed by atoms with Crippen LogP contribution in [0.4, 0.5) is 5.69 Å². The van der Waals surface area contributed by atoms with Crippen LogP contribution in [-0.2, 0) is 20.7 Å². The van der Waals surface area contributed by atoms with Crippen LogP contribution < -0.4 is 10.2 Å². The maximum absolute atomic E-state index is 12.2. The SMILES string of the molecule is O=C(CNC(=O)c1cc(Cl)ccn1)OCC(=O)N1CCc2ccccc21. The van der Waals surface area contributed by atoms with Crippen molar-refractivity contribution in [3.05, 3.63) is 58.9 Å². The molecule has 1 aliphatic heterocycles. The molecule has 0 unspecified atom stereocenters. The highest BCUT2D eigenvalue weighted by Gasteiger charge is 2.24. The Kier molecular flexibility index (Phi) is 5.48. The molecule has 134 valence electrons. The first-order valence-corrected chi connectivity index (χ1v) is 8.36. The van der Waals surface area contributed by atoms with Crippen LogP contribution >= 0.6 is 11.6 Å². The van der Waals surface area contributed by atoms with Gasteiger partial charge in [-0.05, 0) is 30.2 Å². The summed E-state index contributed by atoms with van der Waals surface area (Å²) in [5.41, 5.74) is 2.03. The fraction of sp³-hybridized carbons (Fsp3) is 0.222. The van der Waals surface area contributed by atoms with Gasteiger partial charge < -0.3 is 15.0 Å². The summed E-state index contributed by atoms with van der Waals surface area (Å²) in [6, 6.07) is 10.5. The minimum atomic E-state index is -0.707. The second kappa shape index (κ2) is 7.97. The third kappa shape index (κ3) is 4.18. The van der Waals surface area contributed by atoms with Crippen LogP contribution in [0.5, 0.6) is 0 Å². The summed E-state index contributed by atoms with van der Waals surface area (Å²) in [6.45, 7) is -0.178. The van der Waals surface area contributed by atoms with Crippen LogP contribution in [0.3, 0.4) is 0 Å². The lowest BCUT2D eigenvalue weighted by Crippen LogP contribution is -2.36. The molecule has 1 aromatic heterocycles. The van der Waals surface area contributed by atoms with Crippen LogP contribution in [-0.4, -0.2) is 42.5 Å². The number of carbonyl (C=O) groups excluding carboxylic acids is 3. The summed E-state index contributed by atoms with van der Waals surface area (Å²) >= 11 is 5.78. The number of para-hydroxylation sites is 1. The van der Waals surface area contributed by atoms with Gasteiger partial charge in [0.15, 0.2) is 6.61 Å². The molecule has 1 aromatic carbocycles. The Morgan fingerprint density at radius 3 is 2.85 bits per heavy atom. The molecule has 2 aromatic rings. The Hall–Kier alpha value is -2.93. The number of rotatable bonds is 5. The molecule has 3 rings (SSSR count). The zero-order valence-corrected chi connectivity index (χ0v) is 14.5. The van der Waals surface area contributed by atoms with E-state index in [1.54, 1.807) is 4.90 Å². The lowest BCUT2D eigenvalue weighted by atomic mass is 10.2. The number of ether oxygens (including phenoxy) is 1. The summed E-state index contributed by atoms with van der Waals surface area (Å²) in [5, 5.41) is 2.74. The standard InChI is InChI=1S/C18H16ClN3O4/c19-13-5-7-20-14(9-13)18(25)21-10-17(24)26-11-16(23)22-8-6-12-3-1-2-4-15(12)22/h1-5,7,9H,6,8,10-11H2,(H,21,25). The van der Waals surface area contributed by atoms with Gasteiger partial charge in [-0.15, -0.1) is 0 Å². The number of hydrogen-bond donors (Lipinski definition) is 1. The lowest BCUT2D eigenvalue weighted by molar-refractivity contribution is -0.146. The minimum absolute atomic E-state index is 0.0926. The number of nitrogens with one attached hydrogen (secondary N) is 1. The number of pyridine rings is 1. The number of esters is 1. The number of halogens is 1. The first-order valence-electron chi connectivity index (χ1n) is 7.98. The van der Waals surface area contributed by atoms with Crippen LogP contribution in [0, 0.1) is 0 Å². The van der Waals surface area contributed by atoms with Crippen molar-refractivity contribution in [1.82, 2.24) is 10.3 Å². The molecule has 0 bridgehead atoms. The minimum Gasteiger partial charge on any atom is -0.454 e. The van der Waals surface area contributed by atoms with E-state index in [0.717, 1.165) is 17.7 Å². The van der Waals surface area contributed by atoms with Crippen LogP contribution in [0.2, 0.25) is 5.02 Å². The van der Waals surface area contributed by atoms with Gasteiger partial charge >= 0.3 is 5.97 Å². The summed E-state index contributed by atoms with van der Waals surface area (Å²) in [6.07, 6.45) is 2.17. The second-order valence-corrected chi connectivity index (χ2v) is 6.06. The number of anilines is 1. The number of fused-ring (bicyclic) bond motifs is 1. The second-order valence-electron chi connectivity index (χ2n) is 5.63. The molecule has 0 aliphatic carbocycles. The molecule has 2 heterocycles. The highest BCUT2D eigenvalue weighted by Crippen LogP contribution is 2.27. The number of aromatic nitrogens is 1. The summed E-state index contributed by atoms with van der Waals surface area (Å²) < 4.78 is 4.95. The number of hydrogen-bond acceptors (Lipinski definition) is 5. The first kappa shape index (κ1) is 17.9. The van der Waals surface area contributed by atoms with Crippen molar-refractivity contribution in [3.8, 4) is 0 Å².